The number of phenolic OH excluding ortho intramolecular Hbond substituents is 1. The Morgan fingerprint density at radius 1 is 1.00 bits per heavy atom. The van der Waals surface area contributed by atoms with Gasteiger partial charge >= 0.3 is 0 Å². The Bertz CT molecular complexity index is 486. The molecular weight excluding hydrogens is 196 g/mol. The summed E-state index contributed by atoms with van der Waals surface area (Å²) in [6.07, 6.45) is 2.52. The maximum atomic E-state index is 9.70. The van der Waals surface area contributed by atoms with Gasteiger partial charge in [-0.05, 0) is 23.6 Å². The number of phenols is 1. The van der Waals surface area contributed by atoms with Crippen molar-refractivity contribution in [1.82, 2.24) is 0 Å². The number of rotatable bonds is 3. The Hall–Kier alpha value is -2.02. The van der Waals surface area contributed by atoms with Gasteiger partial charge in [0.2, 0.25) is 0 Å². The summed E-state index contributed by atoms with van der Waals surface area (Å²) in [6, 6.07) is 15.8. The lowest BCUT2D eigenvalue weighted by atomic mass is 9.99. The Labute approximate surface area is 95.7 Å². The second kappa shape index (κ2) is 4.67. The molecule has 0 aliphatic heterocycles. The fourth-order valence-electron chi connectivity index (χ4n) is 1.81. The Balaban J connectivity index is 2.35. The van der Waals surface area contributed by atoms with Crippen LogP contribution in [0, 0.1) is 0 Å². The highest BCUT2D eigenvalue weighted by molar-refractivity contribution is 5.60. The van der Waals surface area contributed by atoms with Crippen molar-refractivity contribution in [2.45, 2.75) is 6.42 Å². The van der Waals surface area contributed by atoms with Crippen molar-refractivity contribution in [3.05, 3.63) is 71.8 Å². The van der Waals surface area contributed by atoms with Crippen molar-refractivity contribution in [2.75, 3.05) is 0 Å². The van der Waals surface area contributed by atoms with E-state index in [1.54, 1.807) is 12.1 Å². The third-order valence-corrected chi connectivity index (χ3v) is 2.61. The van der Waals surface area contributed by atoms with Crippen molar-refractivity contribution >= 4 is 6.08 Å². The molecule has 2 rings (SSSR count). The summed E-state index contributed by atoms with van der Waals surface area (Å²) in [5.41, 5.74) is 3.16. The summed E-state index contributed by atoms with van der Waals surface area (Å²) in [4.78, 5) is 0. The molecule has 1 N–H and O–H groups in total. The zero-order valence-electron chi connectivity index (χ0n) is 9.06. The molecular formula is C15H14O. The zero-order chi connectivity index (χ0) is 11.4. The average molecular weight is 210 g/mol. The SMILES string of the molecule is C=Cc1c(O)cccc1Cc1ccccc1. The maximum absolute atomic E-state index is 9.70. The molecule has 0 atom stereocenters. The monoisotopic (exact) mass is 210 g/mol. The second-order valence-corrected chi connectivity index (χ2v) is 3.72. The molecule has 0 spiro atoms. The molecule has 80 valence electrons. The molecule has 16 heavy (non-hydrogen) atoms. The van der Waals surface area contributed by atoms with E-state index in [2.05, 4.69) is 18.7 Å². The van der Waals surface area contributed by atoms with Gasteiger partial charge in [0, 0.05) is 5.56 Å². The number of benzene rings is 2. The fraction of sp³-hybridized carbons (Fsp3) is 0.0667. The summed E-state index contributed by atoms with van der Waals surface area (Å²) in [5, 5.41) is 9.70. The van der Waals surface area contributed by atoms with Gasteiger partial charge < -0.3 is 5.11 Å². The third-order valence-electron chi connectivity index (χ3n) is 2.61. The predicted octanol–water partition coefficient (Wildman–Crippen LogP) is 3.63. The highest BCUT2D eigenvalue weighted by atomic mass is 16.3. The molecule has 0 saturated heterocycles. The van der Waals surface area contributed by atoms with E-state index in [0.717, 1.165) is 17.5 Å². The van der Waals surface area contributed by atoms with Crippen molar-refractivity contribution in [3.8, 4) is 5.75 Å². The van der Waals surface area contributed by atoms with Gasteiger partial charge in [-0.15, -0.1) is 0 Å². The normalized spacial score (nSPS) is 10.0. The van der Waals surface area contributed by atoms with Gasteiger partial charge in [0.25, 0.3) is 0 Å². The van der Waals surface area contributed by atoms with Crippen LogP contribution < -0.4 is 0 Å². The lowest BCUT2D eigenvalue weighted by Gasteiger charge is -2.07. The molecule has 0 heterocycles. The molecule has 0 amide bonds. The fourth-order valence-corrected chi connectivity index (χ4v) is 1.81. The molecule has 2 aromatic carbocycles. The minimum atomic E-state index is 0.295. The Morgan fingerprint density at radius 2 is 1.75 bits per heavy atom. The quantitative estimate of drug-likeness (QED) is 0.820. The highest BCUT2D eigenvalue weighted by Gasteiger charge is 2.04. The summed E-state index contributed by atoms with van der Waals surface area (Å²) >= 11 is 0. The van der Waals surface area contributed by atoms with E-state index in [1.807, 2.05) is 30.3 Å². The Morgan fingerprint density at radius 3 is 2.44 bits per heavy atom. The number of aromatic hydroxyl groups is 1. The first-order valence-corrected chi connectivity index (χ1v) is 5.28. The zero-order valence-corrected chi connectivity index (χ0v) is 9.06. The minimum Gasteiger partial charge on any atom is -0.507 e. The smallest absolute Gasteiger partial charge is 0.123 e. The first-order valence-electron chi connectivity index (χ1n) is 5.28. The van der Waals surface area contributed by atoms with Crippen molar-refractivity contribution in [3.63, 3.8) is 0 Å². The van der Waals surface area contributed by atoms with Crippen LogP contribution in [0.25, 0.3) is 6.08 Å². The van der Waals surface area contributed by atoms with Crippen LogP contribution in [-0.4, -0.2) is 5.11 Å². The standard InChI is InChI=1S/C15H14O/c1-2-14-13(9-6-10-15(14)16)11-12-7-4-3-5-8-12/h2-10,16H,1,11H2. The van der Waals surface area contributed by atoms with Crippen molar-refractivity contribution in [2.24, 2.45) is 0 Å². The van der Waals surface area contributed by atoms with Crippen LogP contribution in [0.15, 0.2) is 55.1 Å². The van der Waals surface area contributed by atoms with Crippen molar-refractivity contribution < 1.29 is 5.11 Å². The van der Waals surface area contributed by atoms with Crippen LogP contribution in [0.2, 0.25) is 0 Å². The molecule has 0 radical (unpaired) electrons. The van der Waals surface area contributed by atoms with Gasteiger partial charge in [0.15, 0.2) is 0 Å². The second-order valence-electron chi connectivity index (χ2n) is 3.72. The van der Waals surface area contributed by atoms with E-state index < -0.39 is 0 Å². The van der Waals surface area contributed by atoms with Crippen LogP contribution in [-0.2, 0) is 6.42 Å². The number of hydrogen-bond acceptors (Lipinski definition) is 1. The molecule has 1 nitrogen and oxygen atoms in total. The highest BCUT2D eigenvalue weighted by Crippen LogP contribution is 2.24. The van der Waals surface area contributed by atoms with Crippen molar-refractivity contribution in [1.29, 1.82) is 0 Å². The minimum absolute atomic E-state index is 0.295. The first kappa shape index (κ1) is 10.5. The van der Waals surface area contributed by atoms with Gasteiger partial charge in [-0.2, -0.15) is 0 Å². The van der Waals surface area contributed by atoms with E-state index in [1.165, 1.54) is 5.56 Å². The Kier molecular flexibility index (Phi) is 3.06. The van der Waals surface area contributed by atoms with Gasteiger partial charge in [-0.25, -0.2) is 0 Å². The van der Waals surface area contributed by atoms with E-state index in [4.69, 9.17) is 0 Å². The summed E-state index contributed by atoms with van der Waals surface area (Å²) in [5.74, 6) is 0.295. The van der Waals surface area contributed by atoms with Crippen LogP contribution >= 0.6 is 0 Å². The van der Waals surface area contributed by atoms with E-state index >= 15 is 0 Å². The molecule has 1 heteroatoms. The predicted molar refractivity (Wildman–Crippen MR) is 67.4 cm³/mol. The van der Waals surface area contributed by atoms with E-state index in [9.17, 15) is 5.11 Å². The van der Waals surface area contributed by atoms with Crippen LogP contribution in [0.3, 0.4) is 0 Å². The van der Waals surface area contributed by atoms with Crippen LogP contribution in [0.4, 0.5) is 0 Å². The lowest BCUT2D eigenvalue weighted by Crippen LogP contribution is -1.91. The molecule has 0 fully saturated rings. The maximum Gasteiger partial charge on any atom is 0.123 e. The third kappa shape index (κ3) is 2.14. The largest absolute Gasteiger partial charge is 0.507 e. The molecule has 0 bridgehead atoms. The molecule has 0 unspecified atom stereocenters. The van der Waals surface area contributed by atoms with E-state index in [0.29, 0.717) is 5.75 Å². The summed E-state index contributed by atoms with van der Waals surface area (Å²) in [6.45, 7) is 3.73. The topological polar surface area (TPSA) is 20.2 Å². The van der Waals surface area contributed by atoms with Gasteiger partial charge in [0.1, 0.15) is 5.75 Å². The van der Waals surface area contributed by atoms with Gasteiger partial charge in [-0.1, -0.05) is 55.1 Å². The first-order chi connectivity index (χ1) is 7.81. The number of hydrogen-bond donors (Lipinski definition) is 1. The molecule has 0 aliphatic carbocycles. The summed E-state index contributed by atoms with van der Waals surface area (Å²) in [7, 11) is 0. The molecule has 2 aromatic rings. The molecule has 0 saturated carbocycles. The molecule has 0 aliphatic rings. The average Bonchev–Trinajstić information content (AvgIpc) is 2.31. The van der Waals surface area contributed by atoms with Crippen LogP contribution in [0.1, 0.15) is 16.7 Å². The van der Waals surface area contributed by atoms with Gasteiger partial charge in [0.05, 0.1) is 0 Å². The lowest BCUT2D eigenvalue weighted by molar-refractivity contribution is 0.473. The van der Waals surface area contributed by atoms with E-state index in [-0.39, 0.29) is 0 Å². The molecule has 0 aromatic heterocycles. The van der Waals surface area contributed by atoms with Gasteiger partial charge in [-0.3, -0.25) is 0 Å². The van der Waals surface area contributed by atoms with Crippen LogP contribution in [0.5, 0.6) is 5.75 Å². The summed E-state index contributed by atoms with van der Waals surface area (Å²) < 4.78 is 0.